The minimum atomic E-state index is -3.17. The van der Waals surface area contributed by atoms with Gasteiger partial charge in [-0.15, -0.1) is 0 Å². The molecule has 0 bridgehead atoms. The molecule has 0 spiro atoms. The minimum Gasteiger partial charge on any atom is -0.423 e. The quantitative estimate of drug-likeness (QED) is 0.374. The van der Waals surface area contributed by atoms with Crippen LogP contribution in [-0.4, -0.2) is 17.2 Å². The van der Waals surface area contributed by atoms with Crippen molar-refractivity contribution in [3.05, 3.63) is 52.4 Å². The van der Waals surface area contributed by atoms with Gasteiger partial charge in [-0.1, -0.05) is 0 Å². The van der Waals surface area contributed by atoms with Gasteiger partial charge >= 0.3 is 7.12 Å². The summed E-state index contributed by atoms with van der Waals surface area (Å²) in [7, 11) is -3.17. The molecule has 12 heteroatoms. The summed E-state index contributed by atoms with van der Waals surface area (Å²) in [6.45, 7) is 0. The fraction of sp³-hybridized carbons (Fsp3) is 0. The molecule has 0 aromatic heterocycles. The van der Waals surface area contributed by atoms with Gasteiger partial charge in [-0.3, -0.25) is 0 Å². The third kappa shape index (κ3) is 2.42. The lowest BCUT2D eigenvalue weighted by Crippen LogP contribution is -2.37. The van der Waals surface area contributed by atoms with E-state index in [1.807, 2.05) is 0 Å². The molecule has 2 N–H and O–H groups in total. The van der Waals surface area contributed by atoms with Crippen LogP contribution in [0.2, 0.25) is 0 Å². The van der Waals surface area contributed by atoms with E-state index in [1.54, 1.807) is 0 Å². The van der Waals surface area contributed by atoms with Crippen molar-refractivity contribution >= 4 is 12.6 Å². The number of benzene rings is 2. The molecule has 0 heterocycles. The minimum absolute atomic E-state index is 1.95. The summed E-state index contributed by atoms with van der Waals surface area (Å²) in [5.74, 6) is -23.6. The van der Waals surface area contributed by atoms with E-state index in [4.69, 9.17) is 10.0 Å². The molecule has 0 unspecified atom stereocenters. The van der Waals surface area contributed by atoms with Gasteiger partial charge in [0, 0.05) is 11.0 Å². The molecule has 0 saturated heterocycles. The van der Waals surface area contributed by atoms with Crippen molar-refractivity contribution in [3.8, 4) is 11.1 Å². The zero-order valence-corrected chi connectivity index (χ0v) is 10.9. The van der Waals surface area contributed by atoms with Crippen LogP contribution in [-0.2, 0) is 0 Å². The molecule has 2 aromatic rings. The molecular formula is C12H2BF9O2. The van der Waals surface area contributed by atoms with Crippen LogP contribution in [0.3, 0.4) is 0 Å². The Morgan fingerprint density at radius 2 is 0.708 bits per heavy atom. The number of rotatable bonds is 2. The molecule has 0 aliphatic rings. The van der Waals surface area contributed by atoms with Crippen LogP contribution < -0.4 is 5.46 Å². The Morgan fingerprint density at radius 3 is 1.08 bits per heavy atom. The predicted octanol–water partition coefficient (Wildman–Crippen LogP) is 2.29. The number of halogens is 9. The molecule has 0 saturated carbocycles. The van der Waals surface area contributed by atoms with Crippen molar-refractivity contribution in [2.75, 3.05) is 0 Å². The van der Waals surface area contributed by atoms with Crippen LogP contribution in [0.4, 0.5) is 39.5 Å². The maximum Gasteiger partial charge on any atom is 0.492 e. The summed E-state index contributed by atoms with van der Waals surface area (Å²) in [6.07, 6.45) is 0. The SMILES string of the molecule is OB(O)c1c(F)c(F)c(F)c(F)c1-c1c(F)c(F)c(F)c(F)c1F. The lowest BCUT2D eigenvalue weighted by molar-refractivity contribution is 0.378. The summed E-state index contributed by atoms with van der Waals surface area (Å²) in [5, 5.41) is 17.8. The largest absolute Gasteiger partial charge is 0.492 e. The van der Waals surface area contributed by atoms with E-state index in [9.17, 15) is 39.5 Å². The van der Waals surface area contributed by atoms with Crippen LogP contribution >= 0.6 is 0 Å². The van der Waals surface area contributed by atoms with E-state index >= 15 is 0 Å². The van der Waals surface area contributed by atoms with E-state index in [2.05, 4.69) is 0 Å². The van der Waals surface area contributed by atoms with E-state index in [-0.39, 0.29) is 0 Å². The van der Waals surface area contributed by atoms with Crippen LogP contribution in [0.5, 0.6) is 0 Å². The lowest BCUT2D eigenvalue weighted by atomic mass is 9.74. The molecule has 0 aliphatic heterocycles. The fourth-order valence-electron chi connectivity index (χ4n) is 1.96. The van der Waals surface area contributed by atoms with Gasteiger partial charge in [-0.2, -0.15) is 0 Å². The first kappa shape index (κ1) is 18.1. The first-order valence-corrected chi connectivity index (χ1v) is 5.76. The van der Waals surface area contributed by atoms with Gasteiger partial charge < -0.3 is 10.0 Å². The highest BCUT2D eigenvalue weighted by Gasteiger charge is 2.37. The topological polar surface area (TPSA) is 40.5 Å². The fourth-order valence-corrected chi connectivity index (χ4v) is 1.96. The molecule has 2 nitrogen and oxygen atoms in total. The Labute approximate surface area is 126 Å². The third-order valence-corrected chi connectivity index (χ3v) is 3.02. The second-order valence-electron chi connectivity index (χ2n) is 4.36. The molecule has 0 amide bonds. The van der Waals surface area contributed by atoms with Gasteiger partial charge in [0.1, 0.15) is 0 Å². The maximum atomic E-state index is 13.8. The molecule has 2 aromatic carbocycles. The van der Waals surface area contributed by atoms with Gasteiger partial charge in [0.2, 0.25) is 5.82 Å². The van der Waals surface area contributed by atoms with Crippen LogP contribution in [0.15, 0.2) is 0 Å². The van der Waals surface area contributed by atoms with Crippen molar-refractivity contribution in [1.82, 2.24) is 0 Å². The highest BCUT2D eigenvalue weighted by molar-refractivity contribution is 6.60. The predicted molar refractivity (Wildman–Crippen MR) is 61.3 cm³/mol. The van der Waals surface area contributed by atoms with Gasteiger partial charge in [-0.25, -0.2) is 39.5 Å². The zero-order valence-electron chi connectivity index (χ0n) is 10.9. The molecule has 128 valence electrons. The highest BCUT2D eigenvalue weighted by Crippen LogP contribution is 2.34. The second-order valence-corrected chi connectivity index (χ2v) is 4.36. The molecule has 2 rings (SSSR count). The van der Waals surface area contributed by atoms with Crippen molar-refractivity contribution in [2.24, 2.45) is 0 Å². The van der Waals surface area contributed by atoms with Crippen LogP contribution in [0.1, 0.15) is 0 Å². The molecule has 0 fully saturated rings. The average Bonchev–Trinajstić information content (AvgIpc) is 2.53. The van der Waals surface area contributed by atoms with Gasteiger partial charge in [0.15, 0.2) is 46.5 Å². The highest BCUT2D eigenvalue weighted by atomic mass is 19.2. The maximum absolute atomic E-state index is 13.8. The van der Waals surface area contributed by atoms with E-state index < -0.39 is 76.1 Å². The standard InChI is InChI=1S/C12H2BF9O2/c14-4-1(3(13(23)24)7(17)11(21)8(4)18)2-5(15)9(19)12(22)10(20)6(2)16/h23-24H. The average molecular weight is 360 g/mol. The molecular weight excluding hydrogens is 358 g/mol. The smallest absolute Gasteiger partial charge is 0.423 e. The van der Waals surface area contributed by atoms with Crippen molar-refractivity contribution in [2.45, 2.75) is 0 Å². The van der Waals surface area contributed by atoms with E-state index in [0.717, 1.165) is 0 Å². The second kappa shape index (κ2) is 6.02. The Balaban J connectivity index is 3.10. The summed E-state index contributed by atoms with van der Waals surface area (Å²) in [5.41, 5.74) is -6.20. The van der Waals surface area contributed by atoms with Gasteiger partial charge in [-0.05, 0) is 0 Å². The summed E-state index contributed by atoms with van der Waals surface area (Å²) >= 11 is 0. The van der Waals surface area contributed by atoms with Crippen LogP contribution in [0, 0.1) is 52.4 Å². The number of hydrogen-bond donors (Lipinski definition) is 2. The first-order valence-electron chi connectivity index (χ1n) is 5.76. The van der Waals surface area contributed by atoms with Gasteiger partial charge in [0.25, 0.3) is 0 Å². The van der Waals surface area contributed by atoms with Crippen LogP contribution in [0.25, 0.3) is 11.1 Å². The van der Waals surface area contributed by atoms with Crippen molar-refractivity contribution < 1.29 is 49.6 Å². The lowest BCUT2D eigenvalue weighted by Gasteiger charge is -2.15. The third-order valence-electron chi connectivity index (χ3n) is 3.02. The molecule has 24 heavy (non-hydrogen) atoms. The summed E-state index contributed by atoms with van der Waals surface area (Å²) < 4.78 is 120. The summed E-state index contributed by atoms with van der Waals surface area (Å²) in [6, 6.07) is 0. The van der Waals surface area contributed by atoms with Gasteiger partial charge in [0.05, 0.1) is 5.56 Å². The van der Waals surface area contributed by atoms with E-state index in [1.165, 1.54) is 0 Å². The number of hydrogen-bond acceptors (Lipinski definition) is 2. The molecule has 0 aliphatic carbocycles. The normalized spacial score (nSPS) is 11.1. The van der Waals surface area contributed by atoms with E-state index in [0.29, 0.717) is 0 Å². The summed E-state index contributed by atoms with van der Waals surface area (Å²) in [4.78, 5) is 0. The molecule has 0 radical (unpaired) electrons. The Morgan fingerprint density at radius 1 is 0.417 bits per heavy atom. The Kier molecular flexibility index (Phi) is 4.55. The van der Waals surface area contributed by atoms with Crippen molar-refractivity contribution in [1.29, 1.82) is 0 Å². The Hall–Kier alpha value is -2.21. The monoisotopic (exact) mass is 360 g/mol. The Bertz CT molecular complexity index is 825. The zero-order chi connectivity index (χ0) is 18.5. The first-order chi connectivity index (χ1) is 11.0. The van der Waals surface area contributed by atoms with Crippen molar-refractivity contribution in [3.63, 3.8) is 0 Å². The molecule has 0 atom stereocenters.